The number of rotatable bonds is 6. The predicted octanol–water partition coefficient (Wildman–Crippen LogP) is 5.03. The molecule has 2 rings (SSSR count). The van der Waals surface area contributed by atoms with Crippen LogP contribution >= 0.6 is 15.9 Å². The van der Waals surface area contributed by atoms with Crippen LogP contribution in [-0.2, 0) is 17.8 Å². The van der Waals surface area contributed by atoms with Crippen molar-refractivity contribution < 1.29 is 14.7 Å². The Balaban J connectivity index is 2.23. The van der Waals surface area contributed by atoms with Crippen LogP contribution < -0.4 is 9.80 Å². The number of aryl methyl sites for hydroxylation is 2. The Hall–Kier alpha value is -1.85. The molecule has 4 nitrogen and oxygen atoms in total. The highest BCUT2D eigenvalue weighted by Crippen LogP contribution is 2.27. The van der Waals surface area contributed by atoms with Crippen LogP contribution in [0.4, 0.5) is 5.69 Å². The molecule has 0 atom stereocenters. The van der Waals surface area contributed by atoms with Crippen LogP contribution in [0.2, 0.25) is 0 Å². The number of amides is 1. The van der Waals surface area contributed by atoms with Gasteiger partial charge in [-0.25, -0.2) is 0 Å². The summed E-state index contributed by atoms with van der Waals surface area (Å²) < 4.78 is 6.77. The highest BCUT2D eigenvalue weighted by molar-refractivity contribution is 9.10. The second kappa shape index (κ2) is 8.31. The van der Waals surface area contributed by atoms with Gasteiger partial charge in [-0.05, 0) is 48.7 Å². The maximum absolute atomic E-state index is 11.8. The fourth-order valence-corrected chi connectivity index (χ4v) is 2.82. The van der Waals surface area contributed by atoms with Crippen LogP contribution in [-0.4, -0.2) is 11.1 Å². The van der Waals surface area contributed by atoms with Crippen LogP contribution in [0.5, 0.6) is 5.75 Å². The Morgan fingerprint density at radius 2 is 1.96 bits per heavy atom. The Bertz CT molecular complexity index is 731. The second-order valence-corrected chi connectivity index (χ2v) is 6.49. The third-order valence-electron chi connectivity index (χ3n) is 3.84. The van der Waals surface area contributed by atoms with Crippen molar-refractivity contribution in [2.24, 2.45) is 0 Å². The molecule has 5 heteroatoms. The second-order valence-electron chi connectivity index (χ2n) is 5.57. The molecular weight excluding hydrogens is 370 g/mol. The van der Waals surface area contributed by atoms with Crippen molar-refractivity contribution in [2.45, 2.75) is 40.2 Å². The molecule has 0 fully saturated rings. The van der Waals surface area contributed by atoms with Crippen LogP contribution in [0.15, 0.2) is 40.9 Å². The highest BCUT2D eigenvalue weighted by atomic mass is 79.9. The van der Waals surface area contributed by atoms with Gasteiger partial charge in [0, 0.05) is 16.5 Å². The first kappa shape index (κ1) is 18.5. The molecule has 0 aliphatic carbocycles. The maximum atomic E-state index is 11.8. The number of nitrogens with zero attached hydrogens (tertiary/aromatic N) is 1. The molecule has 0 spiro atoms. The largest absolute Gasteiger partial charge is 0.489 e. The topological polar surface area (TPSA) is 49.8 Å². The van der Waals surface area contributed by atoms with Crippen molar-refractivity contribution >= 4 is 27.5 Å². The van der Waals surface area contributed by atoms with Gasteiger partial charge in [0.05, 0.1) is 5.69 Å². The SMILES string of the molecule is CCC(=O)N(O)c1ccc(Br)cc1COc1ccc(CC)cc1C. The average molecular weight is 392 g/mol. The van der Waals surface area contributed by atoms with Crippen molar-refractivity contribution in [3.8, 4) is 5.75 Å². The van der Waals surface area contributed by atoms with E-state index in [9.17, 15) is 10.0 Å². The number of halogens is 1. The van der Waals surface area contributed by atoms with E-state index in [2.05, 4.69) is 28.9 Å². The molecule has 0 heterocycles. The van der Waals surface area contributed by atoms with Gasteiger partial charge in [-0.2, -0.15) is 5.06 Å². The molecule has 1 N–H and O–H groups in total. The van der Waals surface area contributed by atoms with Gasteiger partial charge < -0.3 is 4.74 Å². The molecule has 0 radical (unpaired) electrons. The molecule has 0 aromatic heterocycles. The Kier molecular flexibility index (Phi) is 6.40. The first-order chi connectivity index (χ1) is 11.5. The third kappa shape index (κ3) is 4.36. The molecule has 24 heavy (non-hydrogen) atoms. The minimum absolute atomic E-state index is 0.227. The lowest BCUT2D eigenvalue weighted by molar-refractivity contribution is -0.123. The van der Waals surface area contributed by atoms with E-state index in [-0.39, 0.29) is 18.9 Å². The average Bonchev–Trinajstić information content (AvgIpc) is 2.59. The lowest BCUT2D eigenvalue weighted by Crippen LogP contribution is -2.27. The van der Waals surface area contributed by atoms with E-state index in [4.69, 9.17) is 4.74 Å². The summed E-state index contributed by atoms with van der Waals surface area (Å²) in [7, 11) is 0. The van der Waals surface area contributed by atoms with Gasteiger partial charge >= 0.3 is 0 Å². The van der Waals surface area contributed by atoms with Gasteiger partial charge in [0.1, 0.15) is 12.4 Å². The van der Waals surface area contributed by atoms with Crippen LogP contribution in [0.1, 0.15) is 37.0 Å². The number of hydrogen-bond donors (Lipinski definition) is 1. The summed E-state index contributed by atoms with van der Waals surface area (Å²) in [5.74, 6) is 0.437. The number of ether oxygens (including phenoxy) is 1. The van der Waals surface area contributed by atoms with Crippen molar-refractivity contribution in [1.29, 1.82) is 0 Å². The van der Waals surface area contributed by atoms with E-state index >= 15 is 0 Å². The summed E-state index contributed by atoms with van der Waals surface area (Å²) in [5, 5.41) is 10.8. The number of anilines is 1. The third-order valence-corrected chi connectivity index (χ3v) is 4.33. The molecule has 0 unspecified atom stereocenters. The number of hydroxylamine groups is 1. The minimum Gasteiger partial charge on any atom is -0.489 e. The Morgan fingerprint density at radius 3 is 2.58 bits per heavy atom. The van der Waals surface area contributed by atoms with Crippen molar-refractivity contribution in [3.05, 3.63) is 57.6 Å². The first-order valence-corrected chi connectivity index (χ1v) is 8.78. The van der Waals surface area contributed by atoms with E-state index < -0.39 is 0 Å². The van der Waals surface area contributed by atoms with E-state index in [1.54, 1.807) is 19.1 Å². The lowest BCUT2D eigenvalue weighted by Gasteiger charge is -2.19. The monoisotopic (exact) mass is 391 g/mol. The maximum Gasteiger partial charge on any atom is 0.250 e. The fourth-order valence-electron chi connectivity index (χ4n) is 2.41. The molecule has 0 saturated heterocycles. The zero-order valence-corrected chi connectivity index (χ0v) is 15.8. The normalized spacial score (nSPS) is 10.5. The van der Waals surface area contributed by atoms with Crippen molar-refractivity contribution in [1.82, 2.24) is 0 Å². The van der Waals surface area contributed by atoms with E-state index in [0.29, 0.717) is 10.8 Å². The molecule has 0 saturated carbocycles. The number of carbonyl (C=O) groups excluding carboxylic acids is 1. The van der Waals surface area contributed by atoms with E-state index in [0.717, 1.165) is 27.8 Å². The number of hydrogen-bond acceptors (Lipinski definition) is 3. The number of carbonyl (C=O) groups is 1. The summed E-state index contributed by atoms with van der Waals surface area (Å²) in [4.78, 5) is 11.8. The fraction of sp³-hybridized carbons (Fsp3) is 0.316. The molecule has 1 amide bonds. The highest BCUT2D eigenvalue weighted by Gasteiger charge is 2.16. The summed E-state index contributed by atoms with van der Waals surface area (Å²) in [6, 6.07) is 11.4. The van der Waals surface area contributed by atoms with Crippen molar-refractivity contribution in [3.63, 3.8) is 0 Å². The summed E-state index contributed by atoms with van der Waals surface area (Å²) >= 11 is 3.42. The van der Waals surface area contributed by atoms with Crippen molar-refractivity contribution in [2.75, 3.05) is 5.06 Å². The van der Waals surface area contributed by atoms with Gasteiger partial charge in [-0.3, -0.25) is 10.0 Å². The van der Waals surface area contributed by atoms with Gasteiger partial charge in [-0.1, -0.05) is 41.9 Å². The van der Waals surface area contributed by atoms with E-state index in [1.807, 2.05) is 25.1 Å². The summed E-state index contributed by atoms with van der Waals surface area (Å²) in [5.41, 5.74) is 3.50. The quantitative estimate of drug-likeness (QED) is 0.554. The van der Waals surface area contributed by atoms with Crippen LogP contribution in [0.3, 0.4) is 0 Å². The molecule has 128 valence electrons. The smallest absolute Gasteiger partial charge is 0.250 e. The predicted molar refractivity (Wildman–Crippen MR) is 98.6 cm³/mol. The van der Waals surface area contributed by atoms with Crippen LogP contribution in [0, 0.1) is 6.92 Å². The summed E-state index contributed by atoms with van der Waals surface area (Å²) in [6.07, 6.45) is 1.21. The Morgan fingerprint density at radius 1 is 1.21 bits per heavy atom. The van der Waals surface area contributed by atoms with Crippen LogP contribution in [0.25, 0.3) is 0 Å². The molecule has 0 aliphatic rings. The minimum atomic E-state index is -0.359. The molecule has 2 aromatic carbocycles. The first-order valence-electron chi connectivity index (χ1n) is 7.98. The zero-order chi connectivity index (χ0) is 17.7. The zero-order valence-electron chi connectivity index (χ0n) is 14.2. The molecular formula is C19H22BrNO3. The number of benzene rings is 2. The summed E-state index contributed by atoms with van der Waals surface area (Å²) in [6.45, 7) is 6.09. The van der Waals surface area contributed by atoms with E-state index in [1.165, 1.54) is 5.56 Å². The lowest BCUT2D eigenvalue weighted by atomic mass is 10.1. The molecule has 0 bridgehead atoms. The van der Waals surface area contributed by atoms with Gasteiger partial charge in [-0.15, -0.1) is 0 Å². The van der Waals surface area contributed by atoms with Gasteiger partial charge in [0.2, 0.25) is 5.91 Å². The molecule has 2 aromatic rings. The Labute approximate surface area is 151 Å². The van der Waals surface area contributed by atoms with Gasteiger partial charge in [0.15, 0.2) is 0 Å². The van der Waals surface area contributed by atoms with Gasteiger partial charge in [0.25, 0.3) is 0 Å². The molecule has 0 aliphatic heterocycles. The standard InChI is InChI=1S/C19H22BrNO3/c1-4-14-6-9-18(13(3)10-14)24-12-15-11-16(20)7-8-17(15)21(23)19(22)5-2/h6-11,23H,4-5,12H2,1-3H3.